The molecule has 2 aromatic heterocycles. The number of carbonyl (C=O) groups excluding carboxylic acids is 1. The van der Waals surface area contributed by atoms with E-state index in [4.69, 9.17) is 4.74 Å². The Balaban J connectivity index is 1.64. The lowest BCUT2D eigenvalue weighted by Crippen LogP contribution is -2.31. The van der Waals surface area contributed by atoms with Crippen LogP contribution in [0.2, 0.25) is 0 Å². The summed E-state index contributed by atoms with van der Waals surface area (Å²) in [5.74, 6) is 0.539. The van der Waals surface area contributed by atoms with Crippen LogP contribution in [-0.4, -0.2) is 29.5 Å². The maximum absolute atomic E-state index is 12.3. The number of nitrogens with zero attached hydrogens (tertiary/aromatic N) is 3. The second kappa shape index (κ2) is 6.44. The number of anilines is 1. The van der Waals surface area contributed by atoms with Gasteiger partial charge in [-0.3, -0.25) is 14.7 Å². The topological polar surface area (TPSA) is 55.3 Å². The summed E-state index contributed by atoms with van der Waals surface area (Å²) in [5, 5.41) is 0.767. The molecule has 0 N–H and O–H groups in total. The molecule has 0 saturated heterocycles. The molecule has 2 heterocycles. The first-order valence-corrected chi connectivity index (χ1v) is 8.25. The fraction of sp³-hybridized carbons (Fsp3) is 0.438. The van der Waals surface area contributed by atoms with E-state index in [1.54, 1.807) is 35.7 Å². The van der Waals surface area contributed by atoms with Gasteiger partial charge < -0.3 is 4.74 Å². The highest BCUT2D eigenvalue weighted by molar-refractivity contribution is 7.15. The fourth-order valence-electron chi connectivity index (χ4n) is 2.43. The van der Waals surface area contributed by atoms with Gasteiger partial charge in [-0.1, -0.05) is 0 Å². The summed E-state index contributed by atoms with van der Waals surface area (Å²) in [5.41, 5.74) is 2.13. The largest absolute Gasteiger partial charge is 0.482 e. The number of rotatable bonds is 4. The number of amides is 1. The molecule has 6 heteroatoms. The number of pyridine rings is 1. The van der Waals surface area contributed by atoms with E-state index in [0.717, 1.165) is 29.2 Å². The van der Waals surface area contributed by atoms with Crippen LogP contribution in [0, 0.1) is 6.92 Å². The fourth-order valence-corrected chi connectivity index (χ4v) is 3.55. The smallest absolute Gasteiger partial charge is 0.266 e. The molecular formula is C16H19N3O2S. The molecule has 1 aliphatic carbocycles. The van der Waals surface area contributed by atoms with Crippen molar-refractivity contribution in [2.24, 2.45) is 0 Å². The monoisotopic (exact) mass is 317 g/mol. The van der Waals surface area contributed by atoms with Crippen LogP contribution in [0.5, 0.6) is 5.75 Å². The van der Waals surface area contributed by atoms with Gasteiger partial charge in [-0.2, -0.15) is 0 Å². The highest BCUT2D eigenvalue weighted by atomic mass is 32.1. The molecular weight excluding hydrogens is 298 g/mol. The molecule has 116 valence electrons. The van der Waals surface area contributed by atoms with Gasteiger partial charge in [0.05, 0.1) is 11.9 Å². The van der Waals surface area contributed by atoms with Crippen molar-refractivity contribution in [2.45, 2.75) is 32.6 Å². The van der Waals surface area contributed by atoms with Gasteiger partial charge in [0.1, 0.15) is 5.75 Å². The number of aryl methyl sites for hydroxylation is 3. The molecule has 0 atom stereocenters. The van der Waals surface area contributed by atoms with Crippen LogP contribution in [0.1, 0.15) is 29.0 Å². The van der Waals surface area contributed by atoms with Gasteiger partial charge in [0.25, 0.3) is 5.91 Å². The SMILES string of the molecule is Cc1ccncc1OCC(=O)N(C)c1nc2c(s1)CCCC2. The van der Waals surface area contributed by atoms with Crippen molar-refractivity contribution in [1.29, 1.82) is 0 Å². The van der Waals surface area contributed by atoms with Crippen LogP contribution < -0.4 is 9.64 Å². The average molecular weight is 317 g/mol. The third-order valence-corrected chi connectivity index (χ3v) is 5.07. The highest BCUT2D eigenvalue weighted by Crippen LogP contribution is 2.31. The van der Waals surface area contributed by atoms with Crippen molar-refractivity contribution >= 4 is 22.4 Å². The second-order valence-corrected chi connectivity index (χ2v) is 6.52. The lowest BCUT2D eigenvalue weighted by molar-refractivity contribution is -0.120. The molecule has 0 saturated carbocycles. The number of likely N-dealkylation sites (N-methyl/N-ethyl adjacent to an activating group) is 1. The minimum Gasteiger partial charge on any atom is -0.482 e. The van der Waals surface area contributed by atoms with E-state index in [2.05, 4.69) is 9.97 Å². The first-order chi connectivity index (χ1) is 10.6. The van der Waals surface area contributed by atoms with Crippen molar-refractivity contribution in [1.82, 2.24) is 9.97 Å². The predicted octanol–water partition coefficient (Wildman–Crippen LogP) is 2.77. The van der Waals surface area contributed by atoms with Gasteiger partial charge in [0.15, 0.2) is 11.7 Å². The Morgan fingerprint density at radius 2 is 2.23 bits per heavy atom. The Labute approximate surface area is 134 Å². The van der Waals surface area contributed by atoms with Crippen molar-refractivity contribution in [3.63, 3.8) is 0 Å². The number of fused-ring (bicyclic) bond motifs is 1. The average Bonchev–Trinajstić information content (AvgIpc) is 2.97. The Kier molecular flexibility index (Phi) is 4.38. The lowest BCUT2D eigenvalue weighted by atomic mass is 10.0. The number of aromatic nitrogens is 2. The van der Waals surface area contributed by atoms with Crippen LogP contribution >= 0.6 is 11.3 Å². The van der Waals surface area contributed by atoms with Crippen LogP contribution in [0.25, 0.3) is 0 Å². The van der Waals surface area contributed by atoms with Crippen LogP contribution in [0.15, 0.2) is 18.5 Å². The first-order valence-electron chi connectivity index (χ1n) is 7.43. The van der Waals surface area contributed by atoms with Crippen LogP contribution in [-0.2, 0) is 17.6 Å². The summed E-state index contributed by atoms with van der Waals surface area (Å²) >= 11 is 1.62. The van der Waals surface area contributed by atoms with E-state index in [1.807, 2.05) is 13.0 Å². The van der Waals surface area contributed by atoms with Crippen LogP contribution in [0.4, 0.5) is 5.13 Å². The zero-order chi connectivity index (χ0) is 15.5. The van der Waals surface area contributed by atoms with Gasteiger partial charge in [-0.15, -0.1) is 11.3 Å². The summed E-state index contributed by atoms with van der Waals surface area (Å²) in [6.07, 6.45) is 7.85. The Morgan fingerprint density at radius 3 is 3.00 bits per heavy atom. The molecule has 0 aromatic carbocycles. The highest BCUT2D eigenvalue weighted by Gasteiger charge is 2.20. The molecule has 0 fully saturated rings. The summed E-state index contributed by atoms with van der Waals surface area (Å²) in [6.45, 7) is 1.92. The van der Waals surface area contributed by atoms with Gasteiger partial charge in [-0.05, 0) is 44.2 Å². The van der Waals surface area contributed by atoms with Crippen molar-refractivity contribution in [3.8, 4) is 5.75 Å². The zero-order valence-corrected chi connectivity index (χ0v) is 13.7. The van der Waals surface area contributed by atoms with E-state index in [-0.39, 0.29) is 12.5 Å². The third kappa shape index (κ3) is 3.11. The van der Waals surface area contributed by atoms with E-state index in [0.29, 0.717) is 5.75 Å². The second-order valence-electron chi connectivity index (χ2n) is 5.46. The minimum atomic E-state index is -0.102. The number of hydrogen-bond donors (Lipinski definition) is 0. The predicted molar refractivity (Wildman–Crippen MR) is 86.6 cm³/mol. The van der Waals surface area contributed by atoms with E-state index >= 15 is 0 Å². The number of thiazole rings is 1. The standard InChI is InChI=1S/C16H19N3O2S/c1-11-7-8-17-9-13(11)21-10-15(20)19(2)16-18-12-5-3-4-6-14(12)22-16/h7-9H,3-6,10H2,1-2H3. The maximum Gasteiger partial charge on any atom is 0.266 e. The first kappa shape index (κ1) is 15.0. The van der Waals surface area contributed by atoms with Crippen LogP contribution in [0.3, 0.4) is 0 Å². The Bertz CT molecular complexity index is 660. The van der Waals surface area contributed by atoms with Gasteiger partial charge in [-0.25, -0.2) is 4.98 Å². The van der Waals surface area contributed by atoms with E-state index in [9.17, 15) is 4.79 Å². The number of carbonyl (C=O) groups is 1. The Morgan fingerprint density at radius 1 is 1.41 bits per heavy atom. The molecule has 0 radical (unpaired) electrons. The van der Waals surface area contributed by atoms with Gasteiger partial charge >= 0.3 is 0 Å². The summed E-state index contributed by atoms with van der Waals surface area (Å²) in [4.78, 5) is 23.8. The quantitative estimate of drug-likeness (QED) is 0.870. The number of ether oxygens (including phenoxy) is 1. The minimum absolute atomic E-state index is 0.00667. The molecule has 0 spiro atoms. The molecule has 0 bridgehead atoms. The molecule has 2 aromatic rings. The van der Waals surface area contributed by atoms with E-state index < -0.39 is 0 Å². The third-order valence-electron chi connectivity index (χ3n) is 3.84. The molecule has 0 aliphatic heterocycles. The summed E-state index contributed by atoms with van der Waals surface area (Å²) in [7, 11) is 1.76. The zero-order valence-electron chi connectivity index (χ0n) is 12.8. The molecule has 5 nitrogen and oxygen atoms in total. The van der Waals surface area contributed by atoms with Gasteiger partial charge in [0, 0.05) is 18.1 Å². The maximum atomic E-state index is 12.3. The van der Waals surface area contributed by atoms with E-state index in [1.165, 1.54) is 17.7 Å². The molecule has 3 rings (SSSR count). The molecule has 1 amide bonds. The lowest BCUT2D eigenvalue weighted by Gasteiger charge is -2.14. The summed E-state index contributed by atoms with van der Waals surface area (Å²) < 4.78 is 5.57. The Hall–Kier alpha value is -1.95. The van der Waals surface area contributed by atoms with Gasteiger partial charge in [0.2, 0.25) is 0 Å². The number of hydrogen-bond acceptors (Lipinski definition) is 5. The van der Waals surface area contributed by atoms with Crippen molar-refractivity contribution in [3.05, 3.63) is 34.6 Å². The van der Waals surface area contributed by atoms with Crippen molar-refractivity contribution in [2.75, 3.05) is 18.6 Å². The summed E-state index contributed by atoms with van der Waals surface area (Å²) in [6, 6.07) is 1.86. The molecule has 0 unspecified atom stereocenters. The molecule has 1 aliphatic rings. The normalized spacial score (nSPS) is 13.5. The molecule has 22 heavy (non-hydrogen) atoms. The van der Waals surface area contributed by atoms with Crippen molar-refractivity contribution < 1.29 is 9.53 Å².